The molecule has 0 aromatic carbocycles. The van der Waals surface area contributed by atoms with Gasteiger partial charge in [-0.05, 0) is 13.8 Å². The van der Waals surface area contributed by atoms with Gasteiger partial charge in [0.2, 0.25) is 0 Å². The van der Waals surface area contributed by atoms with E-state index in [1.807, 2.05) is 37.7 Å². The van der Waals surface area contributed by atoms with Crippen LogP contribution in [-0.4, -0.2) is 30.1 Å². The van der Waals surface area contributed by atoms with Crippen molar-refractivity contribution in [2.75, 3.05) is 14.1 Å². The molecule has 0 aromatic heterocycles. The number of rotatable bonds is 0. The highest BCUT2D eigenvalue weighted by atomic mass is 15.4. The first-order valence-electron chi connectivity index (χ1n) is 3.62. The molecular formula is C8H13N3. The van der Waals surface area contributed by atoms with Crippen molar-refractivity contribution in [2.24, 2.45) is 0 Å². The number of hydrogen-bond acceptors (Lipinski definition) is 3. The molecule has 0 fully saturated rings. The normalized spacial score (nSPS) is 19.5. The highest BCUT2D eigenvalue weighted by Crippen LogP contribution is 2.24. The quantitative estimate of drug-likeness (QED) is 0.516. The Balaban J connectivity index is 2.94. The van der Waals surface area contributed by atoms with Crippen LogP contribution in [0.2, 0.25) is 0 Å². The third-order valence-electron chi connectivity index (χ3n) is 2.43. The molecule has 11 heavy (non-hydrogen) atoms. The van der Waals surface area contributed by atoms with E-state index >= 15 is 0 Å². The molecule has 1 rings (SSSR count). The van der Waals surface area contributed by atoms with Crippen LogP contribution in [-0.2, 0) is 0 Å². The summed E-state index contributed by atoms with van der Waals surface area (Å²) in [6.45, 7) is 4.06. The first-order chi connectivity index (χ1) is 5.09. The van der Waals surface area contributed by atoms with Gasteiger partial charge in [-0.1, -0.05) is 0 Å². The van der Waals surface area contributed by atoms with Crippen LogP contribution in [0.4, 0.5) is 0 Å². The number of hydrogen-bond donors (Lipinski definition) is 0. The van der Waals surface area contributed by atoms with Crippen LogP contribution in [0.3, 0.4) is 0 Å². The fourth-order valence-corrected chi connectivity index (χ4v) is 1.31. The van der Waals surface area contributed by atoms with Crippen molar-refractivity contribution < 1.29 is 0 Å². The Kier molecular flexibility index (Phi) is 1.77. The van der Waals surface area contributed by atoms with Crippen LogP contribution in [0.15, 0.2) is 11.4 Å². The lowest BCUT2D eigenvalue weighted by molar-refractivity contribution is 0.246. The predicted octanol–water partition coefficient (Wildman–Crippen LogP) is 0.965. The van der Waals surface area contributed by atoms with E-state index in [4.69, 9.17) is 5.26 Å². The van der Waals surface area contributed by atoms with Gasteiger partial charge in [0.25, 0.3) is 0 Å². The summed E-state index contributed by atoms with van der Waals surface area (Å²) in [5.41, 5.74) is 2.36. The van der Waals surface area contributed by atoms with Gasteiger partial charge in [-0.3, -0.25) is 0 Å². The van der Waals surface area contributed by atoms with Gasteiger partial charge >= 0.3 is 0 Å². The van der Waals surface area contributed by atoms with Crippen molar-refractivity contribution >= 4 is 0 Å². The Bertz CT molecular complexity index is 218. The molecule has 0 spiro atoms. The molecule has 0 N–H and O–H groups in total. The van der Waals surface area contributed by atoms with Crippen molar-refractivity contribution in [3.05, 3.63) is 11.4 Å². The van der Waals surface area contributed by atoms with Crippen molar-refractivity contribution in [1.82, 2.24) is 9.80 Å². The zero-order valence-electron chi connectivity index (χ0n) is 7.42. The summed E-state index contributed by atoms with van der Waals surface area (Å²) in [5, 5.41) is 8.78. The summed E-state index contributed by atoms with van der Waals surface area (Å²) in [5.74, 6) is 0. The zero-order chi connectivity index (χ0) is 8.59. The molecule has 0 bridgehead atoms. The summed E-state index contributed by atoms with van der Waals surface area (Å²) >= 11 is 0. The van der Waals surface area contributed by atoms with Gasteiger partial charge in [-0.25, -0.2) is 0 Å². The summed E-state index contributed by atoms with van der Waals surface area (Å²) in [6, 6.07) is 2.23. The molecule has 0 saturated heterocycles. The molecule has 1 aliphatic heterocycles. The minimum atomic E-state index is -0.116. The molecular weight excluding hydrogens is 138 g/mol. The largest absolute Gasteiger partial charge is 0.345 e. The smallest absolute Gasteiger partial charge is 0.191 e. The molecule has 0 saturated carbocycles. The first-order valence-corrected chi connectivity index (χ1v) is 3.62. The molecule has 3 nitrogen and oxygen atoms in total. The van der Waals surface area contributed by atoms with Gasteiger partial charge < -0.3 is 9.80 Å². The molecule has 0 radical (unpaired) electrons. The van der Waals surface area contributed by atoms with E-state index in [1.165, 1.54) is 11.4 Å². The second-order valence-electron chi connectivity index (χ2n) is 2.90. The van der Waals surface area contributed by atoms with Gasteiger partial charge in [0.1, 0.15) is 6.07 Å². The maximum atomic E-state index is 8.78. The highest BCUT2D eigenvalue weighted by molar-refractivity contribution is 5.19. The topological polar surface area (TPSA) is 30.3 Å². The third-order valence-corrected chi connectivity index (χ3v) is 2.43. The fraction of sp³-hybridized carbons (Fsp3) is 0.625. The minimum Gasteiger partial charge on any atom is -0.345 e. The lowest BCUT2D eigenvalue weighted by Gasteiger charge is -2.22. The maximum Gasteiger partial charge on any atom is 0.191 e. The van der Waals surface area contributed by atoms with Crippen molar-refractivity contribution in [3.63, 3.8) is 0 Å². The van der Waals surface area contributed by atoms with Crippen LogP contribution in [0.25, 0.3) is 0 Å². The van der Waals surface area contributed by atoms with E-state index in [1.54, 1.807) is 0 Å². The van der Waals surface area contributed by atoms with Crippen LogP contribution in [0.5, 0.6) is 0 Å². The molecule has 1 heterocycles. The number of allylic oxidation sites excluding steroid dienone is 2. The maximum absolute atomic E-state index is 8.78. The number of nitriles is 1. The molecule has 1 aliphatic rings. The Morgan fingerprint density at radius 1 is 1.18 bits per heavy atom. The molecule has 0 aromatic rings. The second kappa shape index (κ2) is 2.46. The lowest BCUT2D eigenvalue weighted by atomic mass is 10.4. The van der Waals surface area contributed by atoms with E-state index < -0.39 is 0 Å². The number of nitrogens with zero attached hydrogens (tertiary/aromatic N) is 3. The van der Waals surface area contributed by atoms with E-state index in [2.05, 4.69) is 6.07 Å². The Morgan fingerprint density at radius 3 is 1.73 bits per heavy atom. The van der Waals surface area contributed by atoms with Crippen LogP contribution in [0.1, 0.15) is 13.8 Å². The van der Waals surface area contributed by atoms with Gasteiger partial charge in [-0.2, -0.15) is 5.26 Å². The van der Waals surface area contributed by atoms with Gasteiger partial charge in [0.15, 0.2) is 6.17 Å². The minimum absolute atomic E-state index is 0.116. The van der Waals surface area contributed by atoms with E-state index in [9.17, 15) is 0 Å². The predicted molar refractivity (Wildman–Crippen MR) is 43.3 cm³/mol. The molecule has 0 atom stereocenters. The Labute approximate surface area is 67.5 Å². The molecule has 0 unspecified atom stereocenters. The van der Waals surface area contributed by atoms with E-state index in [0.29, 0.717) is 0 Å². The summed E-state index contributed by atoms with van der Waals surface area (Å²) in [4.78, 5) is 3.96. The van der Waals surface area contributed by atoms with E-state index in [-0.39, 0.29) is 6.17 Å². The van der Waals surface area contributed by atoms with Crippen LogP contribution >= 0.6 is 0 Å². The SMILES string of the molecule is CC1=C(C)N(C)C(C#N)N1C. The Hall–Kier alpha value is -1.17. The average molecular weight is 151 g/mol. The van der Waals surface area contributed by atoms with Crippen LogP contribution < -0.4 is 0 Å². The summed E-state index contributed by atoms with van der Waals surface area (Å²) in [6.07, 6.45) is -0.116. The van der Waals surface area contributed by atoms with Crippen molar-refractivity contribution in [3.8, 4) is 6.07 Å². The first kappa shape index (κ1) is 7.93. The Morgan fingerprint density at radius 2 is 1.55 bits per heavy atom. The summed E-state index contributed by atoms with van der Waals surface area (Å²) in [7, 11) is 3.88. The standard InChI is InChI=1S/C8H13N3/c1-6-7(2)11(4)8(5-9)10(6)3/h8H,1-4H3. The molecule has 3 heteroatoms. The molecule has 0 amide bonds. The molecule has 60 valence electrons. The molecule has 0 aliphatic carbocycles. The lowest BCUT2D eigenvalue weighted by Crippen LogP contribution is -2.34. The van der Waals surface area contributed by atoms with E-state index in [0.717, 1.165) is 0 Å². The van der Waals surface area contributed by atoms with Crippen molar-refractivity contribution in [2.45, 2.75) is 20.0 Å². The van der Waals surface area contributed by atoms with Crippen LogP contribution in [0, 0.1) is 11.3 Å². The monoisotopic (exact) mass is 151 g/mol. The van der Waals surface area contributed by atoms with Crippen molar-refractivity contribution in [1.29, 1.82) is 5.26 Å². The van der Waals surface area contributed by atoms with Gasteiger partial charge in [0.05, 0.1) is 0 Å². The third kappa shape index (κ3) is 0.949. The summed E-state index contributed by atoms with van der Waals surface area (Å²) < 4.78 is 0. The highest BCUT2D eigenvalue weighted by Gasteiger charge is 2.28. The second-order valence-corrected chi connectivity index (χ2v) is 2.90. The fourth-order valence-electron chi connectivity index (χ4n) is 1.31. The van der Waals surface area contributed by atoms with Gasteiger partial charge in [-0.15, -0.1) is 0 Å². The average Bonchev–Trinajstić information content (AvgIpc) is 2.17. The van der Waals surface area contributed by atoms with Gasteiger partial charge in [0, 0.05) is 25.5 Å². The zero-order valence-corrected chi connectivity index (χ0v) is 7.42.